The minimum atomic E-state index is -0.283. The zero-order valence-corrected chi connectivity index (χ0v) is 17.7. The molecule has 0 spiro atoms. The van der Waals surface area contributed by atoms with Crippen LogP contribution in [0, 0.1) is 13.8 Å². The molecule has 0 saturated carbocycles. The van der Waals surface area contributed by atoms with Crippen molar-refractivity contribution in [3.8, 4) is 22.9 Å². The molecule has 1 heterocycles. The second-order valence-electron chi connectivity index (χ2n) is 6.61. The third-order valence-corrected chi connectivity index (χ3v) is 4.76. The Kier molecular flexibility index (Phi) is 6.41. The Hall–Kier alpha value is -3.74. The SMILES string of the molecule is COc1cc(/C=N\NC(=O)c2cc(C)n(-c3ccccc3)c2C)cc(OC)c1OC. The van der Waals surface area contributed by atoms with Crippen molar-refractivity contribution < 1.29 is 19.0 Å². The number of hydrogen-bond acceptors (Lipinski definition) is 5. The molecule has 0 aliphatic rings. The van der Waals surface area contributed by atoms with E-state index in [1.54, 1.807) is 33.5 Å². The normalized spacial score (nSPS) is 10.8. The lowest BCUT2D eigenvalue weighted by atomic mass is 10.2. The van der Waals surface area contributed by atoms with E-state index in [9.17, 15) is 4.79 Å². The highest BCUT2D eigenvalue weighted by Crippen LogP contribution is 2.37. The maximum atomic E-state index is 12.7. The fourth-order valence-corrected chi connectivity index (χ4v) is 3.37. The van der Waals surface area contributed by atoms with Crippen molar-refractivity contribution >= 4 is 12.1 Å². The number of amides is 1. The monoisotopic (exact) mass is 407 g/mol. The van der Waals surface area contributed by atoms with Gasteiger partial charge in [0.25, 0.3) is 5.91 Å². The standard InChI is InChI=1S/C23H25N3O4/c1-15-11-19(16(2)26(15)18-9-7-6-8-10-18)23(27)25-24-14-17-12-20(28-3)22(30-5)21(13-17)29-4/h6-14H,1-5H3,(H,25,27)/b24-14-. The van der Waals surface area contributed by atoms with Crippen molar-refractivity contribution in [2.75, 3.05) is 21.3 Å². The highest BCUT2D eigenvalue weighted by molar-refractivity contribution is 5.96. The molecule has 1 amide bonds. The van der Waals surface area contributed by atoms with Crippen LogP contribution in [0.3, 0.4) is 0 Å². The van der Waals surface area contributed by atoms with Gasteiger partial charge < -0.3 is 18.8 Å². The van der Waals surface area contributed by atoms with Gasteiger partial charge in [-0.15, -0.1) is 0 Å². The molecular formula is C23H25N3O4. The third-order valence-electron chi connectivity index (χ3n) is 4.76. The summed E-state index contributed by atoms with van der Waals surface area (Å²) in [5, 5.41) is 4.09. The van der Waals surface area contributed by atoms with Crippen molar-refractivity contribution in [1.29, 1.82) is 0 Å². The van der Waals surface area contributed by atoms with Crippen molar-refractivity contribution in [2.45, 2.75) is 13.8 Å². The van der Waals surface area contributed by atoms with Crippen LogP contribution < -0.4 is 19.6 Å². The quantitative estimate of drug-likeness (QED) is 0.476. The lowest BCUT2D eigenvalue weighted by molar-refractivity contribution is 0.0954. The summed E-state index contributed by atoms with van der Waals surface area (Å²) in [6.07, 6.45) is 1.53. The van der Waals surface area contributed by atoms with Crippen LogP contribution in [-0.4, -0.2) is 38.0 Å². The highest BCUT2D eigenvalue weighted by atomic mass is 16.5. The number of rotatable bonds is 7. The minimum absolute atomic E-state index is 0.283. The van der Waals surface area contributed by atoms with Crippen molar-refractivity contribution in [1.82, 2.24) is 9.99 Å². The van der Waals surface area contributed by atoms with Crippen molar-refractivity contribution in [3.05, 3.63) is 71.0 Å². The second-order valence-corrected chi connectivity index (χ2v) is 6.61. The molecule has 0 unspecified atom stereocenters. The summed E-state index contributed by atoms with van der Waals surface area (Å²) in [4.78, 5) is 12.7. The number of nitrogens with zero attached hydrogens (tertiary/aromatic N) is 2. The number of methoxy groups -OCH3 is 3. The maximum Gasteiger partial charge on any atom is 0.273 e. The van der Waals surface area contributed by atoms with Crippen LogP contribution in [0.15, 0.2) is 53.6 Å². The Bertz CT molecular complexity index is 1050. The van der Waals surface area contributed by atoms with Gasteiger partial charge in [0.05, 0.1) is 33.1 Å². The fourth-order valence-electron chi connectivity index (χ4n) is 3.37. The van der Waals surface area contributed by atoms with Gasteiger partial charge in [0.1, 0.15) is 0 Å². The molecule has 0 atom stereocenters. The first-order valence-corrected chi connectivity index (χ1v) is 9.38. The van der Waals surface area contributed by atoms with E-state index >= 15 is 0 Å². The number of para-hydroxylation sites is 1. The zero-order chi connectivity index (χ0) is 21.7. The molecule has 30 heavy (non-hydrogen) atoms. The summed E-state index contributed by atoms with van der Waals surface area (Å²) in [7, 11) is 4.63. The molecule has 3 rings (SSSR count). The van der Waals surface area contributed by atoms with Gasteiger partial charge in [0, 0.05) is 22.6 Å². The molecule has 0 aliphatic carbocycles. The topological polar surface area (TPSA) is 74.1 Å². The molecule has 2 aromatic carbocycles. The lowest BCUT2D eigenvalue weighted by Gasteiger charge is -2.12. The van der Waals surface area contributed by atoms with Crippen LogP contribution in [-0.2, 0) is 0 Å². The van der Waals surface area contributed by atoms with Gasteiger partial charge >= 0.3 is 0 Å². The van der Waals surface area contributed by atoms with Gasteiger partial charge in [0.15, 0.2) is 11.5 Å². The Morgan fingerprint density at radius 1 is 0.967 bits per heavy atom. The number of hydrogen-bond donors (Lipinski definition) is 1. The van der Waals surface area contributed by atoms with E-state index in [1.807, 2.05) is 54.8 Å². The largest absolute Gasteiger partial charge is 0.493 e. The van der Waals surface area contributed by atoms with Crippen LogP contribution in [0.1, 0.15) is 27.3 Å². The molecule has 7 heteroatoms. The second kappa shape index (κ2) is 9.17. The van der Waals surface area contributed by atoms with E-state index in [0.29, 0.717) is 28.4 Å². The van der Waals surface area contributed by atoms with E-state index in [-0.39, 0.29) is 5.91 Å². The van der Waals surface area contributed by atoms with Gasteiger partial charge in [-0.25, -0.2) is 5.43 Å². The molecular weight excluding hydrogens is 382 g/mol. The molecule has 7 nitrogen and oxygen atoms in total. The summed E-state index contributed by atoms with van der Waals surface area (Å²) >= 11 is 0. The first kappa shape index (κ1) is 21.0. The van der Waals surface area contributed by atoms with E-state index in [2.05, 4.69) is 10.5 Å². The number of benzene rings is 2. The molecule has 0 aliphatic heterocycles. The first-order chi connectivity index (χ1) is 14.5. The summed E-state index contributed by atoms with van der Waals surface area (Å²) < 4.78 is 18.0. The fraction of sp³-hybridized carbons (Fsp3) is 0.217. The van der Waals surface area contributed by atoms with Crippen LogP contribution in [0.2, 0.25) is 0 Å². The molecule has 1 N–H and O–H groups in total. The van der Waals surface area contributed by atoms with Crippen LogP contribution >= 0.6 is 0 Å². The maximum absolute atomic E-state index is 12.7. The molecule has 3 aromatic rings. The van der Waals surface area contributed by atoms with Crippen LogP contribution in [0.25, 0.3) is 5.69 Å². The first-order valence-electron chi connectivity index (χ1n) is 9.38. The molecule has 1 aromatic heterocycles. The number of ether oxygens (including phenoxy) is 3. The molecule has 0 saturated heterocycles. The van der Waals surface area contributed by atoms with Gasteiger partial charge in [-0.1, -0.05) is 18.2 Å². The van der Waals surface area contributed by atoms with Crippen LogP contribution in [0.4, 0.5) is 0 Å². The van der Waals surface area contributed by atoms with Crippen molar-refractivity contribution in [3.63, 3.8) is 0 Å². The molecule has 156 valence electrons. The van der Waals surface area contributed by atoms with Gasteiger partial charge in [0.2, 0.25) is 5.75 Å². The van der Waals surface area contributed by atoms with Gasteiger partial charge in [-0.05, 0) is 44.2 Å². The average molecular weight is 407 g/mol. The Labute approximate surface area is 175 Å². The number of carbonyl (C=O) groups is 1. The predicted octanol–water partition coefficient (Wildman–Crippen LogP) is 3.88. The van der Waals surface area contributed by atoms with Gasteiger partial charge in [-0.3, -0.25) is 4.79 Å². The minimum Gasteiger partial charge on any atom is -0.493 e. The zero-order valence-electron chi connectivity index (χ0n) is 17.7. The highest BCUT2D eigenvalue weighted by Gasteiger charge is 2.16. The smallest absolute Gasteiger partial charge is 0.273 e. The molecule has 0 fully saturated rings. The number of nitrogens with one attached hydrogen (secondary N) is 1. The van der Waals surface area contributed by atoms with Gasteiger partial charge in [-0.2, -0.15) is 5.10 Å². The number of carbonyl (C=O) groups excluding carboxylic acids is 1. The van der Waals surface area contributed by atoms with E-state index in [0.717, 1.165) is 17.1 Å². The predicted molar refractivity (Wildman–Crippen MR) is 116 cm³/mol. The summed E-state index contributed by atoms with van der Waals surface area (Å²) in [6, 6.07) is 15.3. The molecule has 0 radical (unpaired) electrons. The lowest BCUT2D eigenvalue weighted by Crippen LogP contribution is -2.18. The van der Waals surface area contributed by atoms with Crippen molar-refractivity contribution in [2.24, 2.45) is 5.10 Å². The summed E-state index contributed by atoms with van der Waals surface area (Å²) in [5.74, 6) is 1.23. The Balaban J connectivity index is 1.81. The number of hydrazone groups is 1. The summed E-state index contributed by atoms with van der Waals surface area (Å²) in [6.45, 7) is 3.88. The van der Waals surface area contributed by atoms with E-state index in [1.165, 1.54) is 6.21 Å². The summed E-state index contributed by atoms with van der Waals surface area (Å²) in [5.41, 5.74) is 6.67. The number of aryl methyl sites for hydroxylation is 1. The van der Waals surface area contributed by atoms with Crippen LogP contribution in [0.5, 0.6) is 17.2 Å². The van der Waals surface area contributed by atoms with E-state index in [4.69, 9.17) is 14.2 Å². The Morgan fingerprint density at radius 3 is 2.17 bits per heavy atom. The van der Waals surface area contributed by atoms with E-state index < -0.39 is 0 Å². The third kappa shape index (κ3) is 4.15. The molecule has 0 bridgehead atoms. The Morgan fingerprint density at radius 2 is 1.60 bits per heavy atom. The average Bonchev–Trinajstić information content (AvgIpc) is 3.07. The number of aromatic nitrogens is 1.